The van der Waals surface area contributed by atoms with Crippen molar-refractivity contribution in [3.63, 3.8) is 0 Å². The number of amides is 2. The summed E-state index contributed by atoms with van der Waals surface area (Å²) in [5, 5.41) is 5.13. The molecule has 4 rings (SSSR count). The van der Waals surface area contributed by atoms with Crippen LogP contribution in [0.4, 0.5) is 30.6 Å². The first-order valence-electron chi connectivity index (χ1n) is 11.0. The third-order valence-corrected chi connectivity index (χ3v) is 5.98. The smallest absolute Gasteiger partial charge is 0.406 e. The number of fused-ring (bicyclic) bond motifs is 1. The molecule has 1 aromatic heterocycles. The van der Waals surface area contributed by atoms with Gasteiger partial charge in [-0.2, -0.15) is 4.98 Å². The van der Waals surface area contributed by atoms with Gasteiger partial charge in [-0.1, -0.05) is 6.92 Å². The van der Waals surface area contributed by atoms with E-state index in [9.17, 15) is 27.6 Å². The molecule has 2 atom stereocenters. The van der Waals surface area contributed by atoms with Crippen LogP contribution in [0, 0.1) is 0 Å². The van der Waals surface area contributed by atoms with E-state index in [1.54, 1.807) is 0 Å². The summed E-state index contributed by atoms with van der Waals surface area (Å²) in [6.07, 6.45) is -1.19. The Labute approximate surface area is 192 Å². The molecule has 1 fully saturated rings. The molecule has 0 spiro atoms. The minimum Gasteiger partial charge on any atom is -0.406 e. The van der Waals surface area contributed by atoms with Gasteiger partial charge in [-0.25, -0.2) is 0 Å². The molecule has 0 unspecified atom stereocenters. The fraction of sp³-hybridized carbons (Fsp3) is 0.455. The van der Waals surface area contributed by atoms with Gasteiger partial charge >= 0.3 is 6.36 Å². The van der Waals surface area contributed by atoms with E-state index in [-0.39, 0.29) is 29.5 Å². The fourth-order valence-corrected chi connectivity index (χ4v) is 4.39. The number of anilines is 3. The van der Waals surface area contributed by atoms with Gasteiger partial charge in [0.05, 0.1) is 11.5 Å². The van der Waals surface area contributed by atoms with Crippen LogP contribution >= 0.6 is 0 Å². The van der Waals surface area contributed by atoms with Crippen molar-refractivity contribution in [2.45, 2.75) is 57.3 Å². The molecule has 1 saturated heterocycles. The van der Waals surface area contributed by atoms with Crippen LogP contribution < -0.4 is 25.8 Å². The number of hydrogen-bond acceptors (Lipinski definition) is 6. The highest BCUT2D eigenvalue weighted by molar-refractivity contribution is 6.04. The molecule has 2 aliphatic rings. The lowest BCUT2D eigenvalue weighted by Gasteiger charge is -2.36. The van der Waals surface area contributed by atoms with Gasteiger partial charge in [-0.15, -0.1) is 13.2 Å². The zero-order valence-corrected chi connectivity index (χ0v) is 18.4. The van der Waals surface area contributed by atoms with E-state index in [1.165, 1.54) is 12.1 Å². The van der Waals surface area contributed by atoms with E-state index in [0.29, 0.717) is 5.95 Å². The molecule has 2 aromatic rings. The average molecular weight is 479 g/mol. The molecule has 9 nitrogen and oxygen atoms in total. The normalized spacial score (nSPS) is 20.4. The first-order valence-corrected chi connectivity index (χ1v) is 11.0. The summed E-state index contributed by atoms with van der Waals surface area (Å²) in [5.74, 6) is -2.25. The molecule has 3 heterocycles. The Morgan fingerprint density at radius 1 is 1.24 bits per heavy atom. The number of H-pyrrole nitrogens is 1. The lowest BCUT2D eigenvalue weighted by atomic mass is 9.92. The summed E-state index contributed by atoms with van der Waals surface area (Å²) in [5.41, 5.74) is -0.287. The number of hydrogen-bond donors (Lipinski definition) is 3. The van der Waals surface area contributed by atoms with E-state index < -0.39 is 35.4 Å². The van der Waals surface area contributed by atoms with Crippen molar-refractivity contribution in [2.75, 3.05) is 22.1 Å². The van der Waals surface area contributed by atoms with Crippen molar-refractivity contribution in [1.29, 1.82) is 0 Å². The Balaban J connectivity index is 1.57. The summed E-state index contributed by atoms with van der Waals surface area (Å²) in [4.78, 5) is 47.5. The number of piperidine rings is 1. The number of halogens is 3. The SMILES string of the molecule is CC[C@H]1CCCCN1c1nc2c(c(=O)[nH]1)[C@H](C(=O)Nc1ccc(OC(F)(F)F)cc1)CC(=O)N2. The predicted octanol–water partition coefficient (Wildman–Crippen LogP) is 3.50. The molecule has 3 N–H and O–H groups in total. The third-order valence-electron chi connectivity index (χ3n) is 5.98. The number of aromatic nitrogens is 2. The predicted molar refractivity (Wildman–Crippen MR) is 118 cm³/mol. The van der Waals surface area contributed by atoms with Crippen LogP contribution in [0.3, 0.4) is 0 Å². The summed E-state index contributed by atoms with van der Waals surface area (Å²) in [6.45, 7) is 2.79. The van der Waals surface area contributed by atoms with E-state index in [2.05, 4.69) is 32.3 Å². The molecule has 1 aromatic carbocycles. The number of benzene rings is 1. The number of nitrogens with zero attached hydrogens (tertiary/aromatic N) is 2. The highest BCUT2D eigenvalue weighted by Gasteiger charge is 2.36. The van der Waals surface area contributed by atoms with Crippen LogP contribution in [-0.2, 0) is 9.59 Å². The first-order chi connectivity index (χ1) is 16.1. The molecule has 12 heteroatoms. The van der Waals surface area contributed by atoms with Crippen molar-refractivity contribution in [3.8, 4) is 5.75 Å². The lowest BCUT2D eigenvalue weighted by molar-refractivity contribution is -0.274. The second-order valence-corrected chi connectivity index (χ2v) is 8.27. The number of carbonyl (C=O) groups is 2. The van der Waals surface area contributed by atoms with E-state index in [0.717, 1.165) is 44.4 Å². The molecule has 0 aliphatic carbocycles. The van der Waals surface area contributed by atoms with Gasteiger partial charge in [0.15, 0.2) is 0 Å². The monoisotopic (exact) mass is 479 g/mol. The second kappa shape index (κ2) is 9.35. The summed E-state index contributed by atoms with van der Waals surface area (Å²) < 4.78 is 40.8. The third kappa shape index (κ3) is 5.15. The summed E-state index contributed by atoms with van der Waals surface area (Å²) in [7, 11) is 0. The average Bonchev–Trinajstić information content (AvgIpc) is 2.78. The molecule has 0 saturated carbocycles. The van der Waals surface area contributed by atoms with E-state index in [4.69, 9.17) is 0 Å². The van der Waals surface area contributed by atoms with Crippen LogP contribution in [-0.4, -0.2) is 40.7 Å². The maximum atomic E-state index is 13.0. The molecule has 2 amide bonds. The van der Waals surface area contributed by atoms with Crippen molar-refractivity contribution in [2.24, 2.45) is 0 Å². The van der Waals surface area contributed by atoms with Gasteiger partial charge in [0.1, 0.15) is 11.6 Å². The van der Waals surface area contributed by atoms with Crippen LogP contribution in [0.1, 0.15) is 50.5 Å². The molecular weight excluding hydrogens is 455 g/mol. The zero-order valence-electron chi connectivity index (χ0n) is 18.4. The highest BCUT2D eigenvalue weighted by atomic mass is 19.4. The standard InChI is InChI=1S/C22H24F3N5O4/c1-2-13-5-3-4-10-30(13)21-28-18-17(20(33)29-21)15(11-16(31)27-18)19(32)26-12-6-8-14(9-7-12)34-22(23,24)25/h6-9,13,15H,2-5,10-11H2,1H3,(H,26,32)(H2,27,28,29,31,33)/t13-,15+/m0/s1. The molecule has 0 radical (unpaired) electrons. The van der Waals surface area contributed by atoms with E-state index >= 15 is 0 Å². The van der Waals surface area contributed by atoms with Crippen molar-refractivity contribution < 1.29 is 27.5 Å². The van der Waals surface area contributed by atoms with Gasteiger partial charge in [0, 0.05) is 24.7 Å². The molecule has 34 heavy (non-hydrogen) atoms. The number of carbonyl (C=O) groups excluding carboxylic acids is 2. The van der Waals surface area contributed by atoms with Gasteiger partial charge in [-0.3, -0.25) is 19.4 Å². The number of aromatic amines is 1. The number of nitrogens with one attached hydrogen (secondary N) is 3. The van der Waals surface area contributed by atoms with E-state index in [1.807, 2.05) is 4.90 Å². The highest BCUT2D eigenvalue weighted by Crippen LogP contribution is 2.32. The maximum Gasteiger partial charge on any atom is 0.573 e. The largest absolute Gasteiger partial charge is 0.573 e. The molecule has 182 valence electrons. The fourth-order valence-electron chi connectivity index (χ4n) is 4.39. The van der Waals surface area contributed by atoms with Gasteiger partial charge in [0.2, 0.25) is 17.8 Å². The molecule has 2 aliphatic heterocycles. The summed E-state index contributed by atoms with van der Waals surface area (Å²) in [6, 6.07) is 4.78. The second-order valence-electron chi connectivity index (χ2n) is 8.27. The Hall–Kier alpha value is -3.57. The van der Waals surface area contributed by atoms with Crippen molar-refractivity contribution in [3.05, 3.63) is 40.2 Å². The zero-order chi connectivity index (χ0) is 24.5. The molecule has 0 bridgehead atoms. The molecular formula is C22H24F3N5O4. The van der Waals surface area contributed by atoms with Crippen molar-refractivity contribution >= 4 is 29.3 Å². The Morgan fingerprint density at radius 2 is 1.97 bits per heavy atom. The minimum atomic E-state index is -4.83. The number of rotatable bonds is 5. The number of alkyl halides is 3. The van der Waals surface area contributed by atoms with Crippen LogP contribution in [0.25, 0.3) is 0 Å². The van der Waals surface area contributed by atoms with Gasteiger partial charge < -0.3 is 20.3 Å². The maximum absolute atomic E-state index is 13.0. The Morgan fingerprint density at radius 3 is 2.65 bits per heavy atom. The van der Waals surface area contributed by atoms with Gasteiger partial charge in [0.25, 0.3) is 5.56 Å². The van der Waals surface area contributed by atoms with Crippen molar-refractivity contribution in [1.82, 2.24) is 9.97 Å². The lowest BCUT2D eigenvalue weighted by Crippen LogP contribution is -2.43. The summed E-state index contributed by atoms with van der Waals surface area (Å²) >= 11 is 0. The van der Waals surface area contributed by atoms with Crippen LogP contribution in [0.5, 0.6) is 5.75 Å². The van der Waals surface area contributed by atoms with Gasteiger partial charge in [-0.05, 0) is 49.9 Å². The quantitative estimate of drug-likeness (QED) is 0.605. The number of ether oxygens (including phenoxy) is 1. The first kappa shape index (κ1) is 23.6. The topological polar surface area (TPSA) is 116 Å². The minimum absolute atomic E-state index is 0.0444. The van der Waals surface area contributed by atoms with Crippen LogP contribution in [0.2, 0.25) is 0 Å². The van der Waals surface area contributed by atoms with Crippen LogP contribution in [0.15, 0.2) is 29.1 Å². The Bertz CT molecular complexity index is 1130. The Kier molecular flexibility index (Phi) is 6.49.